The van der Waals surface area contributed by atoms with Crippen LogP contribution in [0, 0.1) is 11.8 Å². The highest BCUT2D eigenvalue weighted by molar-refractivity contribution is 9.10. The lowest BCUT2D eigenvalue weighted by Crippen LogP contribution is -2.41. The molecular weight excluding hydrogens is 282 g/mol. The normalized spacial score (nSPS) is 24.5. The number of halogens is 1. The second-order valence-corrected chi connectivity index (χ2v) is 5.45. The molecule has 0 radical (unpaired) electrons. The van der Waals surface area contributed by atoms with Crippen LogP contribution in [0.25, 0.3) is 0 Å². The van der Waals surface area contributed by atoms with Crippen LogP contribution in [-0.2, 0) is 11.2 Å². The predicted octanol–water partition coefficient (Wildman–Crippen LogP) is 2.30. The van der Waals surface area contributed by atoms with Crippen molar-refractivity contribution in [2.75, 3.05) is 13.1 Å². The van der Waals surface area contributed by atoms with Crippen LogP contribution in [0.5, 0.6) is 0 Å². The third-order valence-corrected chi connectivity index (χ3v) is 3.82. The Morgan fingerprint density at radius 3 is 3.06 bits per heavy atom. The van der Waals surface area contributed by atoms with Gasteiger partial charge < -0.3 is 10.4 Å². The first-order valence-electron chi connectivity index (χ1n) is 5.85. The van der Waals surface area contributed by atoms with E-state index in [0.29, 0.717) is 6.54 Å². The summed E-state index contributed by atoms with van der Waals surface area (Å²) in [6.07, 6.45) is 1.78. The molecule has 1 saturated heterocycles. The molecule has 0 saturated carbocycles. The molecule has 0 aliphatic carbocycles. The standard InChI is InChI=1S/C13H16BrNO2/c14-11-3-1-2-9(7-11)6-10-4-5-15-8-12(10)13(16)17/h1-3,7,10,12,15H,4-6,8H2,(H,16,17). The molecule has 2 N–H and O–H groups in total. The van der Waals surface area contributed by atoms with Gasteiger partial charge in [-0.05, 0) is 43.0 Å². The Hall–Kier alpha value is -0.870. The van der Waals surface area contributed by atoms with Crippen LogP contribution in [-0.4, -0.2) is 24.2 Å². The van der Waals surface area contributed by atoms with E-state index >= 15 is 0 Å². The third kappa shape index (κ3) is 3.30. The lowest BCUT2D eigenvalue weighted by Gasteiger charge is -2.29. The van der Waals surface area contributed by atoms with E-state index in [4.69, 9.17) is 0 Å². The monoisotopic (exact) mass is 297 g/mol. The summed E-state index contributed by atoms with van der Waals surface area (Å²) in [5.41, 5.74) is 1.21. The summed E-state index contributed by atoms with van der Waals surface area (Å²) in [5.74, 6) is -0.706. The van der Waals surface area contributed by atoms with Gasteiger partial charge in [0.2, 0.25) is 0 Å². The van der Waals surface area contributed by atoms with Crippen molar-refractivity contribution in [2.45, 2.75) is 12.8 Å². The summed E-state index contributed by atoms with van der Waals surface area (Å²) in [7, 11) is 0. The van der Waals surface area contributed by atoms with Gasteiger partial charge in [0.05, 0.1) is 5.92 Å². The Kier molecular flexibility index (Phi) is 4.18. The maximum absolute atomic E-state index is 11.2. The topological polar surface area (TPSA) is 49.3 Å². The number of hydrogen-bond donors (Lipinski definition) is 2. The zero-order valence-electron chi connectivity index (χ0n) is 9.53. The van der Waals surface area contributed by atoms with Crippen LogP contribution in [0.4, 0.5) is 0 Å². The van der Waals surface area contributed by atoms with Crippen LogP contribution in [0.3, 0.4) is 0 Å². The minimum atomic E-state index is -0.683. The quantitative estimate of drug-likeness (QED) is 0.900. The maximum Gasteiger partial charge on any atom is 0.308 e. The minimum absolute atomic E-state index is 0.239. The van der Waals surface area contributed by atoms with Crippen molar-refractivity contribution in [1.29, 1.82) is 0 Å². The van der Waals surface area contributed by atoms with Gasteiger partial charge in [0, 0.05) is 11.0 Å². The van der Waals surface area contributed by atoms with E-state index in [1.54, 1.807) is 0 Å². The molecule has 2 unspecified atom stereocenters. The number of aliphatic carboxylic acids is 1. The van der Waals surface area contributed by atoms with Crippen molar-refractivity contribution in [2.24, 2.45) is 11.8 Å². The predicted molar refractivity (Wildman–Crippen MR) is 69.9 cm³/mol. The van der Waals surface area contributed by atoms with Gasteiger partial charge in [-0.1, -0.05) is 28.1 Å². The molecule has 0 bridgehead atoms. The molecular formula is C13H16BrNO2. The average molecular weight is 298 g/mol. The Labute approximate surface area is 109 Å². The summed E-state index contributed by atoms with van der Waals surface area (Å²) < 4.78 is 1.05. The van der Waals surface area contributed by atoms with E-state index in [2.05, 4.69) is 33.4 Å². The first-order valence-corrected chi connectivity index (χ1v) is 6.64. The fourth-order valence-electron chi connectivity index (χ4n) is 2.41. The van der Waals surface area contributed by atoms with E-state index < -0.39 is 5.97 Å². The third-order valence-electron chi connectivity index (χ3n) is 3.33. The molecule has 1 aliphatic heterocycles. The SMILES string of the molecule is O=C(O)C1CNCCC1Cc1cccc(Br)c1. The molecule has 1 fully saturated rings. The Morgan fingerprint density at radius 1 is 1.53 bits per heavy atom. The summed E-state index contributed by atoms with van der Waals surface area (Å²) in [5, 5.41) is 12.3. The average Bonchev–Trinajstić information content (AvgIpc) is 2.29. The van der Waals surface area contributed by atoms with Gasteiger partial charge in [-0.3, -0.25) is 4.79 Å². The molecule has 0 amide bonds. The van der Waals surface area contributed by atoms with Gasteiger partial charge in [0.15, 0.2) is 0 Å². The lowest BCUT2D eigenvalue weighted by molar-refractivity contribution is -0.144. The van der Waals surface area contributed by atoms with Crippen LogP contribution in [0.15, 0.2) is 28.7 Å². The van der Waals surface area contributed by atoms with Crippen molar-refractivity contribution >= 4 is 21.9 Å². The van der Waals surface area contributed by atoms with Crippen molar-refractivity contribution < 1.29 is 9.90 Å². The first-order chi connectivity index (χ1) is 8.16. The highest BCUT2D eigenvalue weighted by atomic mass is 79.9. The first kappa shape index (κ1) is 12.6. The number of benzene rings is 1. The lowest BCUT2D eigenvalue weighted by atomic mass is 9.82. The molecule has 0 spiro atoms. The van der Waals surface area contributed by atoms with Gasteiger partial charge in [-0.25, -0.2) is 0 Å². The number of carboxylic acids is 1. The van der Waals surface area contributed by atoms with Gasteiger partial charge in [-0.15, -0.1) is 0 Å². The van der Waals surface area contributed by atoms with E-state index in [-0.39, 0.29) is 11.8 Å². The molecule has 3 nitrogen and oxygen atoms in total. The Bertz CT molecular complexity index is 408. The highest BCUT2D eigenvalue weighted by Crippen LogP contribution is 2.25. The number of carboxylic acid groups (broad SMARTS) is 1. The van der Waals surface area contributed by atoms with E-state index in [1.165, 1.54) is 5.56 Å². The van der Waals surface area contributed by atoms with Crippen LogP contribution >= 0.6 is 15.9 Å². The van der Waals surface area contributed by atoms with Crippen molar-refractivity contribution in [1.82, 2.24) is 5.32 Å². The fourth-order valence-corrected chi connectivity index (χ4v) is 2.86. The van der Waals surface area contributed by atoms with Crippen LogP contribution < -0.4 is 5.32 Å². The number of carbonyl (C=O) groups is 1. The largest absolute Gasteiger partial charge is 0.481 e. The van der Waals surface area contributed by atoms with Crippen molar-refractivity contribution in [3.63, 3.8) is 0 Å². The smallest absolute Gasteiger partial charge is 0.308 e. The summed E-state index contributed by atoms with van der Waals surface area (Å²) in [6, 6.07) is 8.11. The maximum atomic E-state index is 11.2. The van der Waals surface area contributed by atoms with Gasteiger partial charge >= 0.3 is 5.97 Å². The Morgan fingerprint density at radius 2 is 2.35 bits per heavy atom. The second-order valence-electron chi connectivity index (χ2n) is 4.53. The van der Waals surface area contributed by atoms with Crippen LogP contribution in [0.1, 0.15) is 12.0 Å². The van der Waals surface area contributed by atoms with Crippen molar-refractivity contribution in [3.8, 4) is 0 Å². The van der Waals surface area contributed by atoms with Gasteiger partial charge in [0.1, 0.15) is 0 Å². The van der Waals surface area contributed by atoms with Crippen molar-refractivity contribution in [3.05, 3.63) is 34.3 Å². The van der Waals surface area contributed by atoms with Gasteiger partial charge in [0.25, 0.3) is 0 Å². The highest BCUT2D eigenvalue weighted by Gasteiger charge is 2.30. The van der Waals surface area contributed by atoms with E-state index in [9.17, 15) is 9.90 Å². The second kappa shape index (κ2) is 5.65. The number of hydrogen-bond acceptors (Lipinski definition) is 2. The summed E-state index contributed by atoms with van der Waals surface area (Å²) in [4.78, 5) is 11.2. The fraction of sp³-hybridized carbons (Fsp3) is 0.462. The van der Waals surface area contributed by atoms with Gasteiger partial charge in [-0.2, -0.15) is 0 Å². The van der Waals surface area contributed by atoms with E-state index in [0.717, 1.165) is 23.9 Å². The molecule has 4 heteroatoms. The molecule has 0 aromatic heterocycles. The summed E-state index contributed by atoms with van der Waals surface area (Å²) in [6.45, 7) is 1.51. The molecule has 17 heavy (non-hydrogen) atoms. The number of piperidine rings is 1. The molecule has 92 valence electrons. The molecule has 1 aromatic rings. The number of rotatable bonds is 3. The van der Waals surface area contributed by atoms with E-state index in [1.807, 2.05) is 12.1 Å². The minimum Gasteiger partial charge on any atom is -0.481 e. The van der Waals surface area contributed by atoms with Crippen LogP contribution in [0.2, 0.25) is 0 Å². The molecule has 1 heterocycles. The molecule has 1 aromatic carbocycles. The zero-order chi connectivity index (χ0) is 12.3. The molecule has 1 aliphatic rings. The zero-order valence-corrected chi connectivity index (χ0v) is 11.1. The summed E-state index contributed by atoms with van der Waals surface area (Å²) >= 11 is 3.44. The molecule has 2 rings (SSSR count). The Balaban J connectivity index is 2.08. The number of nitrogens with one attached hydrogen (secondary N) is 1. The molecule has 2 atom stereocenters.